The Labute approximate surface area is 253 Å². The summed E-state index contributed by atoms with van der Waals surface area (Å²) in [6, 6.07) is 10.2. The normalized spacial score (nSPS) is 22.6. The van der Waals surface area contributed by atoms with Crippen molar-refractivity contribution in [3.8, 4) is 11.5 Å². The Hall–Kier alpha value is -2.63. The quantitative estimate of drug-likeness (QED) is 0.196. The van der Waals surface area contributed by atoms with Gasteiger partial charge in [0.15, 0.2) is 0 Å². The molecule has 3 aromatic rings. The van der Waals surface area contributed by atoms with Crippen LogP contribution < -0.4 is 19.9 Å². The van der Waals surface area contributed by atoms with E-state index in [1.54, 1.807) is 17.7 Å². The van der Waals surface area contributed by atoms with E-state index in [4.69, 9.17) is 15.4 Å². The second-order valence-electron chi connectivity index (χ2n) is 13.3. The Balaban J connectivity index is 1.50. The van der Waals surface area contributed by atoms with Gasteiger partial charge in [0, 0.05) is 45.4 Å². The second-order valence-corrected chi connectivity index (χ2v) is 15.9. The smallest absolute Gasteiger partial charge is 0.261 e. The molecule has 218 valence electrons. The van der Waals surface area contributed by atoms with Gasteiger partial charge in [-0.25, -0.2) is 13.0 Å². The molecule has 3 aromatic carbocycles. The van der Waals surface area contributed by atoms with Crippen molar-refractivity contribution in [1.82, 2.24) is 4.58 Å². The van der Waals surface area contributed by atoms with Gasteiger partial charge in [0.1, 0.15) is 24.6 Å². The van der Waals surface area contributed by atoms with E-state index < -0.39 is 9.05 Å². The summed E-state index contributed by atoms with van der Waals surface area (Å²) in [6.45, 7) is 6.72. The van der Waals surface area contributed by atoms with Gasteiger partial charge in [0.25, 0.3) is 9.05 Å². The number of ether oxygens (including phenoxy) is 1. The van der Waals surface area contributed by atoms with Crippen LogP contribution in [0.2, 0.25) is 0 Å². The predicted octanol–water partition coefficient (Wildman–Crippen LogP) is 6.44. The van der Waals surface area contributed by atoms with Gasteiger partial charge in [0.2, 0.25) is 5.36 Å². The van der Waals surface area contributed by atoms with Crippen LogP contribution >= 0.6 is 10.7 Å². The molecular formula is C36H39ClNO3S+. The van der Waals surface area contributed by atoms with Gasteiger partial charge < -0.3 is 4.74 Å². The molecule has 8 rings (SSSR count). The number of aryl methyl sites for hydroxylation is 3. The number of nitrogens with zero attached hydrogens (tertiary/aromatic N) is 1. The van der Waals surface area contributed by atoms with Crippen LogP contribution in [0.5, 0.6) is 11.5 Å². The van der Waals surface area contributed by atoms with Crippen LogP contribution in [0.4, 0.5) is 0 Å². The van der Waals surface area contributed by atoms with E-state index in [1.165, 1.54) is 82.5 Å². The highest BCUT2D eigenvalue weighted by Crippen LogP contribution is 2.50. The van der Waals surface area contributed by atoms with Crippen molar-refractivity contribution >= 4 is 25.3 Å². The van der Waals surface area contributed by atoms with Gasteiger partial charge in [-0.2, -0.15) is 0 Å². The molecule has 0 aromatic heterocycles. The van der Waals surface area contributed by atoms with E-state index in [2.05, 4.69) is 23.6 Å². The van der Waals surface area contributed by atoms with Crippen LogP contribution in [0.15, 0.2) is 35.2 Å². The first kappa shape index (κ1) is 27.0. The Morgan fingerprint density at radius 3 is 2.40 bits per heavy atom. The van der Waals surface area contributed by atoms with Crippen molar-refractivity contribution in [3.05, 3.63) is 85.4 Å². The van der Waals surface area contributed by atoms with Crippen molar-refractivity contribution in [2.75, 3.05) is 13.1 Å². The molecule has 2 aliphatic carbocycles. The number of hydrogen-bond acceptors (Lipinski definition) is 3. The number of rotatable bonds is 2. The summed E-state index contributed by atoms with van der Waals surface area (Å²) in [5, 5.41) is 2.59. The number of hydrogen-bond donors (Lipinski definition) is 0. The molecule has 0 saturated carbocycles. The Bertz CT molecular complexity index is 1900. The van der Waals surface area contributed by atoms with Crippen molar-refractivity contribution in [3.63, 3.8) is 0 Å². The fourth-order valence-corrected chi connectivity index (χ4v) is 9.84. The molecule has 3 heterocycles. The fraction of sp³-hybridized carbons (Fsp3) is 0.472. The van der Waals surface area contributed by atoms with E-state index in [0.717, 1.165) is 73.7 Å². The number of halogens is 1. The van der Waals surface area contributed by atoms with E-state index in [1.807, 2.05) is 13.0 Å². The molecule has 0 N–H and O–H groups in total. The lowest BCUT2D eigenvalue weighted by Gasteiger charge is -2.32. The highest BCUT2D eigenvalue weighted by atomic mass is 35.7. The number of fused-ring (bicyclic) bond motifs is 5. The first-order valence-electron chi connectivity index (χ1n) is 16.0. The monoisotopic (exact) mass is 600 g/mol. The maximum absolute atomic E-state index is 12.3. The standard InChI is InChI=1S/C36H39ClNO3S/c1-21-18-26(42(37,39)40)14-15-27(21)33-30-19-24-9-4-3-8-23-10-5-12-28(32(24)22(23)2)35(30)41-36-29-13-7-17-38-16-6-11-25(34(29)38)20-31(33)36/h14-15,18-20,22-23H,3-13,16-17H2,1-2H3/q+1. The third kappa shape index (κ3) is 4.13. The zero-order chi connectivity index (χ0) is 28.7. The first-order valence-corrected chi connectivity index (χ1v) is 18.3. The van der Waals surface area contributed by atoms with Crippen molar-refractivity contribution in [2.45, 2.75) is 95.3 Å². The average molecular weight is 601 g/mol. The molecule has 2 bridgehead atoms. The first-order chi connectivity index (χ1) is 20.3. The molecule has 0 spiro atoms. The van der Waals surface area contributed by atoms with Crippen LogP contribution in [0.1, 0.15) is 102 Å². The van der Waals surface area contributed by atoms with Gasteiger partial charge >= 0.3 is 0 Å². The van der Waals surface area contributed by atoms with E-state index in [9.17, 15) is 8.42 Å². The fourth-order valence-electron chi connectivity index (χ4n) is 9.00. The maximum Gasteiger partial charge on any atom is 0.261 e. The number of benzene rings is 3. The molecular weight excluding hydrogens is 562 g/mol. The summed E-state index contributed by atoms with van der Waals surface area (Å²) >= 11 is 0. The molecule has 0 radical (unpaired) electrons. The Morgan fingerprint density at radius 2 is 1.60 bits per heavy atom. The zero-order valence-corrected chi connectivity index (χ0v) is 26.3. The van der Waals surface area contributed by atoms with Crippen LogP contribution in [-0.2, 0) is 34.7 Å². The highest BCUT2D eigenvalue weighted by molar-refractivity contribution is 8.13. The molecule has 42 heavy (non-hydrogen) atoms. The Kier molecular flexibility index (Phi) is 6.39. The van der Waals surface area contributed by atoms with Crippen LogP contribution in [0, 0.1) is 12.8 Å². The topological polar surface area (TPSA) is 46.4 Å². The molecule has 2 unspecified atom stereocenters. The summed E-state index contributed by atoms with van der Waals surface area (Å²) in [5.74, 6) is 3.38. The van der Waals surface area contributed by atoms with Gasteiger partial charge in [-0.3, -0.25) is 0 Å². The second kappa shape index (κ2) is 9.95. The van der Waals surface area contributed by atoms with E-state index in [-0.39, 0.29) is 4.90 Å². The van der Waals surface area contributed by atoms with Crippen molar-refractivity contribution < 1.29 is 13.2 Å². The van der Waals surface area contributed by atoms with Crippen LogP contribution in [0.25, 0.3) is 5.57 Å². The minimum atomic E-state index is -3.82. The van der Waals surface area contributed by atoms with Crippen LogP contribution in [0.3, 0.4) is 0 Å². The summed E-state index contributed by atoms with van der Waals surface area (Å²) in [5.41, 5.74) is 11.6. The van der Waals surface area contributed by atoms with Crippen molar-refractivity contribution in [2.24, 2.45) is 5.92 Å². The summed E-state index contributed by atoms with van der Waals surface area (Å²) in [7, 11) is 1.97. The lowest BCUT2D eigenvalue weighted by atomic mass is 9.75. The van der Waals surface area contributed by atoms with Gasteiger partial charge in [-0.05, 0) is 122 Å². The minimum Gasteiger partial charge on any atom is -0.455 e. The molecule has 4 nitrogen and oxygen atoms in total. The SMILES string of the molecule is Cc1cc(S(=O)(=O)Cl)ccc1C1=c2cc3c4c(c2Oc2c1cc1c5c2CCCC(CCCC1)C5C)CCC[N+]=4CCC3. The van der Waals surface area contributed by atoms with Crippen LogP contribution in [-0.4, -0.2) is 21.5 Å². The summed E-state index contributed by atoms with van der Waals surface area (Å²) in [6.07, 6.45) is 13.0. The third-order valence-electron chi connectivity index (χ3n) is 10.9. The molecule has 0 saturated heterocycles. The largest absolute Gasteiger partial charge is 0.455 e. The van der Waals surface area contributed by atoms with Crippen molar-refractivity contribution in [1.29, 1.82) is 0 Å². The lowest BCUT2D eigenvalue weighted by molar-refractivity contribution is 0.366. The predicted molar refractivity (Wildman–Crippen MR) is 168 cm³/mol. The average Bonchev–Trinajstić information content (AvgIpc) is 3.14. The van der Waals surface area contributed by atoms with E-state index in [0.29, 0.717) is 5.92 Å². The zero-order valence-electron chi connectivity index (χ0n) is 24.7. The van der Waals surface area contributed by atoms with Gasteiger partial charge in [-0.1, -0.05) is 19.4 Å². The van der Waals surface area contributed by atoms with Gasteiger partial charge in [0.05, 0.1) is 10.5 Å². The maximum atomic E-state index is 12.3. The summed E-state index contributed by atoms with van der Waals surface area (Å²) < 4.78 is 34.3. The molecule has 2 atom stereocenters. The highest BCUT2D eigenvalue weighted by Gasteiger charge is 2.36. The van der Waals surface area contributed by atoms with E-state index >= 15 is 0 Å². The summed E-state index contributed by atoms with van der Waals surface area (Å²) in [4.78, 5) is 0.152. The minimum absolute atomic E-state index is 0.152. The van der Waals surface area contributed by atoms with Gasteiger partial charge in [-0.15, -0.1) is 0 Å². The molecule has 6 heteroatoms. The third-order valence-corrected chi connectivity index (χ3v) is 12.3. The lowest BCUT2D eigenvalue weighted by Crippen LogP contribution is -2.45. The Morgan fingerprint density at radius 1 is 0.833 bits per heavy atom. The molecule has 5 aliphatic rings. The molecule has 3 aliphatic heterocycles. The molecule has 0 amide bonds. The molecule has 0 fully saturated rings.